The molecule has 0 bridgehead atoms. The van der Waals surface area contributed by atoms with Gasteiger partial charge >= 0.3 is 0 Å². The molecule has 1 heterocycles. The third-order valence-electron chi connectivity index (χ3n) is 2.78. The van der Waals surface area contributed by atoms with E-state index in [0.29, 0.717) is 11.6 Å². The van der Waals surface area contributed by atoms with E-state index in [1.54, 1.807) is 18.0 Å². The van der Waals surface area contributed by atoms with Gasteiger partial charge in [0, 0.05) is 10.8 Å². The summed E-state index contributed by atoms with van der Waals surface area (Å²) in [6.45, 7) is 4.10. The van der Waals surface area contributed by atoms with Gasteiger partial charge in [0.2, 0.25) is 0 Å². The number of hydrogen-bond donors (Lipinski definition) is 0. The van der Waals surface area contributed by atoms with Crippen molar-refractivity contribution in [1.29, 1.82) is 0 Å². The molecule has 0 fully saturated rings. The molecule has 2 rings (SSSR count). The fourth-order valence-electron chi connectivity index (χ4n) is 1.65. The Hall–Kier alpha value is -1.26. The van der Waals surface area contributed by atoms with E-state index in [4.69, 9.17) is 16.3 Å². The summed E-state index contributed by atoms with van der Waals surface area (Å²) >= 11 is 7.64. The summed E-state index contributed by atoms with van der Waals surface area (Å²) in [5, 5.41) is 0. The summed E-state index contributed by atoms with van der Waals surface area (Å²) < 4.78 is 5.82. The van der Waals surface area contributed by atoms with Gasteiger partial charge in [-0.1, -0.05) is 13.8 Å². The van der Waals surface area contributed by atoms with Crippen molar-refractivity contribution < 1.29 is 4.74 Å². The number of thioether (sulfide) groups is 1. The van der Waals surface area contributed by atoms with Crippen molar-refractivity contribution in [1.82, 2.24) is 9.97 Å². The molecule has 0 saturated heterocycles. The van der Waals surface area contributed by atoms with Crippen LogP contribution in [0.1, 0.15) is 31.3 Å². The minimum absolute atomic E-state index is 0.270. The molecule has 0 atom stereocenters. The average molecular weight is 309 g/mol. The van der Waals surface area contributed by atoms with Crippen LogP contribution in [0.25, 0.3) is 0 Å². The maximum absolute atomic E-state index is 5.95. The summed E-state index contributed by atoms with van der Waals surface area (Å²) in [6, 6.07) is 7.90. The lowest BCUT2D eigenvalue weighted by Crippen LogP contribution is -2.02. The summed E-state index contributed by atoms with van der Waals surface area (Å²) in [7, 11) is 0. The smallest absolute Gasteiger partial charge is 0.168 e. The first-order chi connectivity index (χ1) is 9.63. The number of benzene rings is 1. The minimum Gasteiger partial charge on any atom is -0.454 e. The van der Waals surface area contributed by atoms with Crippen LogP contribution in [-0.4, -0.2) is 16.2 Å². The van der Waals surface area contributed by atoms with E-state index in [0.717, 1.165) is 17.3 Å². The fourth-order valence-corrected chi connectivity index (χ4v) is 2.25. The van der Waals surface area contributed by atoms with E-state index in [1.807, 2.05) is 30.5 Å². The van der Waals surface area contributed by atoms with Gasteiger partial charge in [0.05, 0.1) is 12.1 Å². The van der Waals surface area contributed by atoms with Gasteiger partial charge in [-0.25, -0.2) is 9.97 Å². The van der Waals surface area contributed by atoms with E-state index in [9.17, 15) is 0 Å². The zero-order valence-electron chi connectivity index (χ0n) is 11.8. The van der Waals surface area contributed by atoms with E-state index < -0.39 is 0 Å². The van der Waals surface area contributed by atoms with Gasteiger partial charge in [0.1, 0.15) is 17.3 Å². The van der Waals surface area contributed by atoms with Crippen LogP contribution in [0.15, 0.2) is 35.4 Å². The monoisotopic (exact) mass is 308 g/mol. The highest BCUT2D eigenvalue weighted by molar-refractivity contribution is 7.98. The number of halogens is 1. The molecule has 1 aromatic carbocycles. The molecule has 0 N–H and O–H groups in total. The Morgan fingerprint density at radius 2 is 1.95 bits per heavy atom. The quantitative estimate of drug-likeness (QED) is 0.584. The van der Waals surface area contributed by atoms with Crippen molar-refractivity contribution in [3.05, 3.63) is 42.0 Å². The third-order valence-corrected chi connectivity index (χ3v) is 3.77. The summed E-state index contributed by atoms with van der Waals surface area (Å²) in [4.78, 5) is 9.96. The van der Waals surface area contributed by atoms with E-state index in [1.165, 1.54) is 4.90 Å². The van der Waals surface area contributed by atoms with Crippen LogP contribution in [0.5, 0.6) is 11.5 Å². The molecule has 0 amide bonds. The average Bonchev–Trinajstić information content (AvgIpc) is 2.48. The Morgan fingerprint density at radius 1 is 1.25 bits per heavy atom. The predicted octanol–water partition coefficient (Wildman–Crippen LogP) is 4.85. The van der Waals surface area contributed by atoms with Gasteiger partial charge in [-0.15, -0.1) is 23.4 Å². The molecule has 0 aliphatic carbocycles. The maximum atomic E-state index is 5.95. The summed E-state index contributed by atoms with van der Waals surface area (Å²) in [5.74, 6) is 2.73. The molecule has 0 unspecified atom stereocenters. The van der Waals surface area contributed by atoms with Crippen molar-refractivity contribution in [3.8, 4) is 11.5 Å². The highest BCUT2D eigenvalue weighted by Gasteiger charge is 2.11. The number of hydrogen-bond acceptors (Lipinski definition) is 4. The first-order valence-corrected chi connectivity index (χ1v) is 8.13. The number of ether oxygens (including phenoxy) is 1. The van der Waals surface area contributed by atoms with E-state index in [2.05, 4.69) is 23.8 Å². The molecule has 106 valence electrons. The first-order valence-electron chi connectivity index (χ1n) is 6.37. The fraction of sp³-hybridized carbons (Fsp3) is 0.333. The topological polar surface area (TPSA) is 35.0 Å². The Balaban J connectivity index is 2.23. The standard InChI is InChI=1S/C15H17ClN2OS/c1-10(2)15-17-9-14(13(8-16)18-15)19-11-4-6-12(20-3)7-5-11/h4-7,9-10H,8H2,1-3H3. The lowest BCUT2D eigenvalue weighted by molar-refractivity contribution is 0.469. The van der Waals surface area contributed by atoms with Gasteiger partial charge in [0.15, 0.2) is 5.75 Å². The van der Waals surface area contributed by atoms with Gasteiger partial charge in [-0.2, -0.15) is 0 Å². The van der Waals surface area contributed by atoms with Crippen LogP contribution in [-0.2, 0) is 5.88 Å². The van der Waals surface area contributed by atoms with Crippen LogP contribution in [0.3, 0.4) is 0 Å². The van der Waals surface area contributed by atoms with Crippen LogP contribution in [0.2, 0.25) is 0 Å². The molecule has 0 aliphatic rings. The zero-order chi connectivity index (χ0) is 14.5. The van der Waals surface area contributed by atoms with Crippen LogP contribution < -0.4 is 4.74 Å². The van der Waals surface area contributed by atoms with Crippen molar-refractivity contribution >= 4 is 23.4 Å². The molecule has 0 spiro atoms. The largest absolute Gasteiger partial charge is 0.454 e. The number of rotatable bonds is 5. The Bertz CT molecular complexity index is 573. The van der Waals surface area contributed by atoms with Crippen molar-refractivity contribution in [3.63, 3.8) is 0 Å². The number of alkyl halides is 1. The normalized spacial score (nSPS) is 10.8. The molecule has 1 aromatic heterocycles. The van der Waals surface area contributed by atoms with E-state index >= 15 is 0 Å². The van der Waals surface area contributed by atoms with Crippen LogP contribution >= 0.6 is 23.4 Å². The predicted molar refractivity (Wildman–Crippen MR) is 84.0 cm³/mol. The molecule has 0 aliphatic heterocycles. The van der Waals surface area contributed by atoms with Crippen LogP contribution in [0, 0.1) is 0 Å². The van der Waals surface area contributed by atoms with Gasteiger partial charge in [0.25, 0.3) is 0 Å². The molecule has 0 saturated carbocycles. The van der Waals surface area contributed by atoms with Crippen molar-refractivity contribution in [2.45, 2.75) is 30.5 Å². The highest BCUT2D eigenvalue weighted by atomic mass is 35.5. The second-order valence-electron chi connectivity index (χ2n) is 4.61. The molecular formula is C15H17ClN2OS. The Labute approximate surface area is 128 Å². The van der Waals surface area contributed by atoms with Crippen LogP contribution in [0.4, 0.5) is 0 Å². The van der Waals surface area contributed by atoms with Gasteiger partial charge in [-0.3, -0.25) is 0 Å². The highest BCUT2D eigenvalue weighted by Crippen LogP contribution is 2.27. The second-order valence-corrected chi connectivity index (χ2v) is 5.75. The van der Waals surface area contributed by atoms with Gasteiger partial charge in [-0.05, 0) is 30.5 Å². The SMILES string of the molecule is CSc1ccc(Oc2cnc(C(C)C)nc2CCl)cc1. The van der Waals surface area contributed by atoms with Gasteiger partial charge < -0.3 is 4.74 Å². The Kier molecular flexibility index (Phi) is 5.26. The van der Waals surface area contributed by atoms with E-state index in [-0.39, 0.29) is 5.92 Å². The number of nitrogens with zero attached hydrogens (tertiary/aromatic N) is 2. The zero-order valence-corrected chi connectivity index (χ0v) is 13.3. The summed E-state index contributed by atoms with van der Waals surface area (Å²) in [6.07, 6.45) is 3.74. The Morgan fingerprint density at radius 3 is 2.50 bits per heavy atom. The molecule has 3 nitrogen and oxygen atoms in total. The van der Waals surface area contributed by atoms with Crippen molar-refractivity contribution in [2.75, 3.05) is 6.26 Å². The lowest BCUT2D eigenvalue weighted by Gasteiger charge is -2.11. The third kappa shape index (κ3) is 3.64. The second kappa shape index (κ2) is 6.95. The summed E-state index contributed by atoms with van der Waals surface area (Å²) in [5.41, 5.74) is 0.722. The van der Waals surface area contributed by atoms with Crippen molar-refractivity contribution in [2.24, 2.45) is 0 Å². The minimum atomic E-state index is 0.270. The maximum Gasteiger partial charge on any atom is 0.168 e. The first kappa shape index (κ1) is 15.1. The molecule has 20 heavy (non-hydrogen) atoms. The lowest BCUT2D eigenvalue weighted by atomic mass is 10.2. The molecule has 2 aromatic rings. The molecule has 5 heteroatoms. The number of aromatic nitrogens is 2. The molecule has 0 radical (unpaired) electrons. The molecular weight excluding hydrogens is 292 g/mol.